The molecule has 7 nitrogen and oxygen atoms in total. The minimum absolute atomic E-state index is 0.0661. The van der Waals surface area contributed by atoms with Gasteiger partial charge in [0.25, 0.3) is 0 Å². The van der Waals surface area contributed by atoms with Gasteiger partial charge in [0, 0.05) is 25.3 Å². The third-order valence-electron chi connectivity index (χ3n) is 5.10. The third-order valence-corrected chi connectivity index (χ3v) is 6.97. The molecule has 1 unspecified atom stereocenters. The molecule has 1 heterocycles. The molecule has 0 amide bonds. The van der Waals surface area contributed by atoms with Crippen molar-refractivity contribution in [1.29, 1.82) is 0 Å². The summed E-state index contributed by atoms with van der Waals surface area (Å²) in [6, 6.07) is 12.7. The molecule has 1 aliphatic rings. The Morgan fingerprint density at radius 2 is 1.83 bits per heavy atom. The molecular formula is C22H26N2O5S. The van der Waals surface area contributed by atoms with E-state index < -0.39 is 22.0 Å². The standard InChI is InChI=1S/C22H26N2O5S/c1-4-5-14-23-16-21(22(25)29-3)24(15-17-8-6-7-9-20(17)23)30(26,27)19-12-10-18(28-2)11-13-19/h4-13,21H,14-16H2,1-3H3/b5-4+. The average molecular weight is 431 g/mol. The Kier molecular flexibility index (Phi) is 6.79. The van der Waals surface area contributed by atoms with Crippen LogP contribution in [-0.2, 0) is 26.1 Å². The predicted octanol–water partition coefficient (Wildman–Crippen LogP) is 2.82. The molecule has 0 bridgehead atoms. The van der Waals surface area contributed by atoms with E-state index in [4.69, 9.17) is 9.47 Å². The summed E-state index contributed by atoms with van der Waals surface area (Å²) in [5.74, 6) is -0.0393. The minimum Gasteiger partial charge on any atom is -0.497 e. The molecule has 0 saturated heterocycles. The Hall–Kier alpha value is -2.84. The van der Waals surface area contributed by atoms with Crippen molar-refractivity contribution in [3.63, 3.8) is 0 Å². The lowest BCUT2D eigenvalue weighted by molar-refractivity contribution is -0.144. The summed E-state index contributed by atoms with van der Waals surface area (Å²) in [7, 11) is -1.18. The molecule has 2 aromatic carbocycles. The number of esters is 1. The van der Waals surface area contributed by atoms with E-state index in [-0.39, 0.29) is 18.0 Å². The number of sulfonamides is 1. The highest BCUT2D eigenvalue weighted by Crippen LogP contribution is 2.31. The molecule has 0 aliphatic carbocycles. The Bertz CT molecular complexity index is 1020. The van der Waals surface area contributed by atoms with Crippen LogP contribution in [0.1, 0.15) is 12.5 Å². The minimum atomic E-state index is -3.97. The van der Waals surface area contributed by atoms with E-state index in [2.05, 4.69) is 0 Å². The second kappa shape index (κ2) is 9.32. The van der Waals surface area contributed by atoms with Crippen LogP contribution in [-0.4, -0.2) is 52.0 Å². The van der Waals surface area contributed by atoms with Gasteiger partial charge in [-0.25, -0.2) is 8.42 Å². The number of benzene rings is 2. The lowest BCUT2D eigenvalue weighted by Gasteiger charge is -2.29. The number of fused-ring (bicyclic) bond motifs is 1. The van der Waals surface area contributed by atoms with E-state index in [9.17, 15) is 13.2 Å². The van der Waals surface area contributed by atoms with Gasteiger partial charge >= 0.3 is 5.97 Å². The zero-order valence-corrected chi connectivity index (χ0v) is 18.1. The van der Waals surface area contributed by atoms with Crippen molar-refractivity contribution >= 4 is 21.7 Å². The van der Waals surface area contributed by atoms with Crippen LogP contribution in [0, 0.1) is 0 Å². The largest absolute Gasteiger partial charge is 0.497 e. The molecule has 1 aliphatic heterocycles. The van der Waals surface area contributed by atoms with Gasteiger partial charge in [0.05, 0.1) is 19.1 Å². The van der Waals surface area contributed by atoms with E-state index in [0.29, 0.717) is 12.3 Å². The number of allylic oxidation sites excluding steroid dienone is 1. The van der Waals surface area contributed by atoms with Gasteiger partial charge in [-0.2, -0.15) is 4.31 Å². The number of anilines is 1. The maximum atomic E-state index is 13.5. The Labute approximate surface area is 177 Å². The van der Waals surface area contributed by atoms with E-state index >= 15 is 0 Å². The Morgan fingerprint density at radius 1 is 1.13 bits per heavy atom. The lowest BCUT2D eigenvalue weighted by Crippen LogP contribution is -2.49. The number of nitrogens with zero attached hydrogens (tertiary/aromatic N) is 2. The third kappa shape index (κ3) is 4.34. The molecule has 0 N–H and O–H groups in total. The van der Waals surface area contributed by atoms with Crippen LogP contribution >= 0.6 is 0 Å². The fourth-order valence-corrected chi connectivity index (χ4v) is 5.05. The highest BCUT2D eigenvalue weighted by molar-refractivity contribution is 7.89. The fraction of sp³-hybridized carbons (Fsp3) is 0.318. The maximum absolute atomic E-state index is 13.5. The van der Waals surface area contributed by atoms with Crippen LogP contribution in [0.3, 0.4) is 0 Å². The highest BCUT2D eigenvalue weighted by Gasteiger charge is 2.40. The summed E-state index contributed by atoms with van der Waals surface area (Å²) >= 11 is 0. The van der Waals surface area contributed by atoms with Crippen LogP contribution in [0.25, 0.3) is 0 Å². The first-order valence-corrected chi connectivity index (χ1v) is 11.0. The molecule has 1 atom stereocenters. The van der Waals surface area contributed by atoms with Crippen LogP contribution in [0.15, 0.2) is 65.6 Å². The molecule has 2 aromatic rings. The number of methoxy groups -OCH3 is 2. The second-order valence-electron chi connectivity index (χ2n) is 6.87. The summed E-state index contributed by atoms with van der Waals surface area (Å²) in [5, 5.41) is 0. The van der Waals surface area contributed by atoms with Crippen molar-refractivity contribution in [3.8, 4) is 5.75 Å². The van der Waals surface area contributed by atoms with Crippen LogP contribution in [0.2, 0.25) is 0 Å². The predicted molar refractivity (Wildman–Crippen MR) is 115 cm³/mol. The first-order chi connectivity index (χ1) is 14.4. The molecule has 0 spiro atoms. The smallest absolute Gasteiger partial charge is 0.326 e. The maximum Gasteiger partial charge on any atom is 0.326 e. The summed E-state index contributed by atoms with van der Waals surface area (Å²) in [4.78, 5) is 14.8. The van der Waals surface area contributed by atoms with E-state index in [1.54, 1.807) is 12.1 Å². The molecule has 30 heavy (non-hydrogen) atoms. The van der Waals surface area contributed by atoms with Crippen LogP contribution in [0.4, 0.5) is 5.69 Å². The van der Waals surface area contributed by atoms with Crippen LogP contribution in [0.5, 0.6) is 5.75 Å². The summed E-state index contributed by atoms with van der Waals surface area (Å²) in [6.07, 6.45) is 3.89. The molecule has 0 fully saturated rings. The molecule has 0 aromatic heterocycles. The summed E-state index contributed by atoms with van der Waals surface area (Å²) in [6.45, 7) is 2.72. The lowest BCUT2D eigenvalue weighted by atomic mass is 10.1. The second-order valence-corrected chi connectivity index (χ2v) is 8.76. The molecule has 3 rings (SSSR count). The number of hydrogen-bond donors (Lipinski definition) is 0. The van der Waals surface area contributed by atoms with Gasteiger partial charge in [-0.05, 0) is 42.8 Å². The van der Waals surface area contributed by atoms with E-state index in [1.165, 1.54) is 30.7 Å². The van der Waals surface area contributed by atoms with Gasteiger partial charge in [0.2, 0.25) is 10.0 Å². The molecule has 0 radical (unpaired) electrons. The molecule has 160 valence electrons. The number of carbonyl (C=O) groups excluding carboxylic acids is 1. The van der Waals surface area contributed by atoms with Gasteiger partial charge in [-0.15, -0.1) is 0 Å². The number of hydrogen-bond acceptors (Lipinski definition) is 6. The van der Waals surface area contributed by atoms with Gasteiger partial charge in [0.1, 0.15) is 11.8 Å². The summed E-state index contributed by atoms with van der Waals surface area (Å²) < 4.78 is 38.4. The van der Waals surface area contributed by atoms with Crippen molar-refractivity contribution in [3.05, 3.63) is 66.2 Å². The van der Waals surface area contributed by atoms with Crippen molar-refractivity contribution in [2.75, 3.05) is 32.2 Å². The number of rotatable bonds is 6. The zero-order chi connectivity index (χ0) is 21.7. The van der Waals surface area contributed by atoms with E-state index in [1.807, 2.05) is 48.2 Å². The average Bonchev–Trinajstić information content (AvgIpc) is 2.94. The number of carbonyl (C=O) groups is 1. The Balaban J connectivity index is 2.09. The normalized spacial score (nSPS) is 17.4. The summed E-state index contributed by atoms with van der Waals surface area (Å²) in [5.41, 5.74) is 1.72. The fourth-order valence-electron chi connectivity index (χ4n) is 3.50. The van der Waals surface area contributed by atoms with Crippen LogP contribution < -0.4 is 9.64 Å². The van der Waals surface area contributed by atoms with Gasteiger partial charge in [0.15, 0.2) is 0 Å². The van der Waals surface area contributed by atoms with E-state index in [0.717, 1.165) is 11.3 Å². The topological polar surface area (TPSA) is 76.2 Å². The Morgan fingerprint density at radius 3 is 2.47 bits per heavy atom. The molecule has 0 saturated carbocycles. The van der Waals surface area contributed by atoms with Gasteiger partial charge < -0.3 is 14.4 Å². The van der Waals surface area contributed by atoms with Gasteiger partial charge in [-0.3, -0.25) is 4.79 Å². The number of ether oxygens (including phenoxy) is 2. The quantitative estimate of drug-likeness (QED) is 0.518. The highest BCUT2D eigenvalue weighted by atomic mass is 32.2. The first-order valence-electron chi connectivity index (χ1n) is 9.60. The van der Waals surface area contributed by atoms with Crippen molar-refractivity contribution in [2.45, 2.75) is 24.4 Å². The first kappa shape index (κ1) is 21.9. The molecular weight excluding hydrogens is 404 g/mol. The van der Waals surface area contributed by atoms with Crippen molar-refractivity contribution < 1.29 is 22.7 Å². The SMILES string of the molecule is C/C=C/CN1CC(C(=O)OC)N(S(=O)(=O)c2ccc(OC)cc2)Cc2ccccc21. The van der Waals surface area contributed by atoms with Gasteiger partial charge in [-0.1, -0.05) is 30.4 Å². The van der Waals surface area contributed by atoms with Crippen molar-refractivity contribution in [1.82, 2.24) is 4.31 Å². The monoisotopic (exact) mass is 430 g/mol. The van der Waals surface area contributed by atoms with Crippen molar-refractivity contribution in [2.24, 2.45) is 0 Å². The zero-order valence-electron chi connectivity index (χ0n) is 17.3. The molecule has 8 heteroatoms. The number of para-hydroxylation sites is 1.